The van der Waals surface area contributed by atoms with Crippen LogP contribution in [-0.2, 0) is 14.3 Å². The van der Waals surface area contributed by atoms with Crippen molar-refractivity contribution in [3.8, 4) is 11.1 Å². The van der Waals surface area contributed by atoms with E-state index in [1.807, 2.05) is 24.3 Å². The Morgan fingerprint density at radius 1 is 1.00 bits per heavy atom. The Kier molecular flexibility index (Phi) is 6.73. The predicted molar refractivity (Wildman–Crippen MR) is 134 cm³/mol. The number of ether oxygens (including phenoxy) is 1. The Morgan fingerprint density at radius 3 is 2.26 bits per heavy atom. The fourth-order valence-corrected chi connectivity index (χ4v) is 6.68. The molecule has 2 fully saturated rings. The van der Waals surface area contributed by atoms with Gasteiger partial charge in [0.2, 0.25) is 5.91 Å². The van der Waals surface area contributed by atoms with Crippen LogP contribution in [0.5, 0.6) is 0 Å². The molecule has 1 heterocycles. The standard InChI is InChI=1S/C27H30N2O5S/c30-24(31)14-27(9-11-35-12-10-27)29-25(32)22-13-17(22)15-28-26(33)34-16-23-20-7-3-1-5-18(20)19-6-2-4-8-21(19)23/h1-8,17,22-23H,9-16H2,(H,28,33)(H,29,32)(H,30,31)/t17-,22-/m1/s1. The molecule has 5 rings (SSSR count). The Labute approximate surface area is 209 Å². The van der Waals surface area contributed by atoms with Crippen LogP contribution in [0.2, 0.25) is 0 Å². The van der Waals surface area contributed by atoms with Gasteiger partial charge in [0.05, 0.1) is 12.0 Å². The fourth-order valence-electron chi connectivity index (χ4n) is 5.41. The Hall–Kier alpha value is -3.00. The molecule has 2 amide bonds. The Morgan fingerprint density at radius 2 is 1.63 bits per heavy atom. The number of thioether (sulfide) groups is 1. The highest BCUT2D eigenvalue weighted by Crippen LogP contribution is 2.44. The molecule has 2 aromatic carbocycles. The number of aliphatic carboxylic acids is 1. The van der Waals surface area contributed by atoms with Gasteiger partial charge >= 0.3 is 12.1 Å². The largest absolute Gasteiger partial charge is 0.481 e. The molecule has 3 N–H and O–H groups in total. The van der Waals surface area contributed by atoms with Crippen molar-refractivity contribution in [1.29, 1.82) is 0 Å². The maximum absolute atomic E-state index is 12.8. The molecule has 2 aliphatic carbocycles. The maximum Gasteiger partial charge on any atom is 0.407 e. The van der Waals surface area contributed by atoms with E-state index in [4.69, 9.17) is 4.74 Å². The van der Waals surface area contributed by atoms with Crippen LogP contribution in [0.15, 0.2) is 48.5 Å². The molecule has 1 saturated carbocycles. The number of carbonyl (C=O) groups is 3. The van der Waals surface area contributed by atoms with Crippen LogP contribution in [0, 0.1) is 11.8 Å². The van der Waals surface area contributed by atoms with Crippen molar-refractivity contribution < 1.29 is 24.2 Å². The quantitative estimate of drug-likeness (QED) is 0.512. The zero-order valence-corrected chi connectivity index (χ0v) is 20.3. The molecule has 0 unspecified atom stereocenters. The van der Waals surface area contributed by atoms with Gasteiger partial charge in [0.25, 0.3) is 0 Å². The van der Waals surface area contributed by atoms with Crippen LogP contribution in [-0.4, -0.2) is 53.3 Å². The summed E-state index contributed by atoms with van der Waals surface area (Å²) in [6.45, 7) is 0.626. The van der Waals surface area contributed by atoms with Crippen LogP contribution in [0.4, 0.5) is 4.79 Å². The van der Waals surface area contributed by atoms with E-state index in [2.05, 4.69) is 34.9 Å². The minimum Gasteiger partial charge on any atom is -0.481 e. The first kappa shape index (κ1) is 23.7. The summed E-state index contributed by atoms with van der Waals surface area (Å²) in [5, 5.41) is 15.2. The number of amides is 2. The summed E-state index contributed by atoms with van der Waals surface area (Å²) in [5.41, 5.74) is 4.04. The summed E-state index contributed by atoms with van der Waals surface area (Å²) in [6, 6.07) is 16.4. The molecule has 0 radical (unpaired) electrons. The van der Waals surface area contributed by atoms with E-state index < -0.39 is 17.6 Å². The summed E-state index contributed by atoms with van der Waals surface area (Å²) in [5.74, 6) is 0.584. The average molecular weight is 495 g/mol. The van der Waals surface area contributed by atoms with E-state index in [0.717, 1.165) is 22.6 Å². The van der Waals surface area contributed by atoms with E-state index in [0.29, 0.717) is 25.8 Å². The SMILES string of the molecule is O=C(O)CC1(NC(=O)[C@@H]2C[C@@H]2CNC(=O)OCC2c3ccccc3-c3ccccc32)CCSCC1. The molecular weight excluding hydrogens is 464 g/mol. The number of benzene rings is 2. The number of carboxylic acids is 1. The summed E-state index contributed by atoms with van der Waals surface area (Å²) in [6.07, 6.45) is 1.50. The number of nitrogens with one attached hydrogen (secondary N) is 2. The first-order valence-electron chi connectivity index (χ1n) is 12.2. The van der Waals surface area contributed by atoms with Crippen LogP contribution >= 0.6 is 11.8 Å². The van der Waals surface area contributed by atoms with Crippen LogP contribution in [0.1, 0.15) is 42.7 Å². The summed E-state index contributed by atoms with van der Waals surface area (Å²) >= 11 is 1.79. The van der Waals surface area contributed by atoms with Gasteiger partial charge in [-0.1, -0.05) is 48.5 Å². The number of hydrogen-bond donors (Lipinski definition) is 3. The summed E-state index contributed by atoms with van der Waals surface area (Å²) < 4.78 is 5.58. The molecule has 184 valence electrons. The molecule has 1 aliphatic heterocycles. The van der Waals surface area contributed by atoms with Crippen LogP contribution in [0.3, 0.4) is 0 Å². The first-order chi connectivity index (χ1) is 17.0. The third-order valence-corrected chi connectivity index (χ3v) is 8.43. The zero-order chi connectivity index (χ0) is 24.4. The maximum atomic E-state index is 12.8. The lowest BCUT2D eigenvalue weighted by molar-refractivity contribution is -0.139. The normalized spacial score (nSPS) is 21.9. The Bertz CT molecular complexity index is 1080. The van der Waals surface area contributed by atoms with E-state index in [9.17, 15) is 19.5 Å². The van der Waals surface area contributed by atoms with Gasteiger partial charge in [-0.15, -0.1) is 0 Å². The van der Waals surface area contributed by atoms with Crippen molar-refractivity contribution >= 4 is 29.7 Å². The highest BCUT2D eigenvalue weighted by atomic mass is 32.2. The molecule has 1 saturated heterocycles. The first-order valence-corrected chi connectivity index (χ1v) is 13.3. The van der Waals surface area contributed by atoms with E-state index >= 15 is 0 Å². The van der Waals surface area contributed by atoms with Crippen molar-refractivity contribution in [3.63, 3.8) is 0 Å². The molecule has 3 aliphatic rings. The molecule has 0 spiro atoms. The number of carbonyl (C=O) groups excluding carboxylic acids is 2. The van der Waals surface area contributed by atoms with Gasteiger partial charge in [0, 0.05) is 18.4 Å². The van der Waals surface area contributed by atoms with E-state index in [-0.39, 0.29) is 36.7 Å². The van der Waals surface area contributed by atoms with E-state index in [1.165, 1.54) is 11.1 Å². The van der Waals surface area contributed by atoms with Gasteiger partial charge in [-0.25, -0.2) is 4.79 Å². The third kappa shape index (κ3) is 5.17. The van der Waals surface area contributed by atoms with Gasteiger partial charge in [-0.3, -0.25) is 9.59 Å². The van der Waals surface area contributed by atoms with Gasteiger partial charge in [-0.2, -0.15) is 11.8 Å². The molecule has 2 atom stereocenters. The smallest absolute Gasteiger partial charge is 0.407 e. The molecule has 35 heavy (non-hydrogen) atoms. The number of rotatable bonds is 8. The average Bonchev–Trinajstić information content (AvgIpc) is 3.57. The lowest BCUT2D eigenvalue weighted by Crippen LogP contribution is -2.52. The van der Waals surface area contributed by atoms with Gasteiger partial charge < -0.3 is 20.5 Å². The van der Waals surface area contributed by atoms with Crippen molar-refractivity contribution in [2.45, 2.75) is 37.1 Å². The van der Waals surface area contributed by atoms with Crippen LogP contribution < -0.4 is 10.6 Å². The highest BCUT2D eigenvalue weighted by molar-refractivity contribution is 7.99. The van der Waals surface area contributed by atoms with Crippen molar-refractivity contribution in [1.82, 2.24) is 10.6 Å². The zero-order valence-electron chi connectivity index (χ0n) is 19.5. The van der Waals surface area contributed by atoms with Crippen molar-refractivity contribution in [3.05, 3.63) is 59.7 Å². The molecule has 0 aromatic heterocycles. The topological polar surface area (TPSA) is 105 Å². The van der Waals surface area contributed by atoms with Gasteiger partial charge in [0.15, 0.2) is 0 Å². The molecule has 0 bridgehead atoms. The number of fused-ring (bicyclic) bond motifs is 3. The number of hydrogen-bond acceptors (Lipinski definition) is 5. The van der Waals surface area contributed by atoms with Gasteiger partial charge in [-0.05, 0) is 58.9 Å². The highest BCUT2D eigenvalue weighted by Gasteiger charge is 2.46. The molecule has 7 nitrogen and oxygen atoms in total. The third-order valence-electron chi connectivity index (χ3n) is 7.44. The number of alkyl carbamates (subject to hydrolysis) is 1. The lowest BCUT2D eigenvalue weighted by Gasteiger charge is -2.36. The van der Waals surface area contributed by atoms with Crippen LogP contribution in [0.25, 0.3) is 11.1 Å². The number of carboxylic acid groups (broad SMARTS) is 1. The molecule has 2 aromatic rings. The van der Waals surface area contributed by atoms with E-state index in [1.54, 1.807) is 11.8 Å². The fraction of sp³-hybridized carbons (Fsp3) is 0.444. The second kappa shape index (κ2) is 9.93. The lowest BCUT2D eigenvalue weighted by atomic mass is 9.88. The minimum atomic E-state index is -0.888. The second-order valence-corrected chi connectivity index (χ2v) is 11.0. The molecule has 8 heteroatoms. The summed E-state index contributed by atoms with van der Waals surface area (Å²) in [4.78, 5) is 36.6. The molecular formula is C27H30N2O5S. The predicted octanol–water partition coefficient (Wildman–Crippen LogP) is 4.02. The minimum absolute atomic E-state index is 0.00619. The second-order valence-electron chi connectivity index (χ2n) is 9.76. The van der Waals surface area contributed by atoms with Gasteiger partial charge in [0.1, 0.15) is 6.61 Å². The monoisotopic (exact) mass is 494 g/mol. The van der Waals surface area contributed by atoms with Crippen molar-refractivity contribution in [2.75, 3.05) is 24.7 Å². The Balaban J connectivity index is 1.10. The summed E-state index contributed by atoms with van der Waals surface area (Å²) in [7, 11) is 0. The van der Waals surface area contributed by atoms with Crippen molar-refractivity contribution in [2.24, 2.45) is 11.8 Å².